The number of phenolic OH excluding ortho intramolecular Hbond substituents is 1. The third kappa shape index (κ3) is 2.96. The topological polar surface area (TPSA) is 84.9 Å². The van der Waals surface area contributed by atoms with E-state index in [1.165, 1.54) is 14.2 Å². The van der Waals surface area contributed by atoms with Gasteiger partial charge in [-0.25, -0.2) is 9.18 Å². The zero-order valence-electron chi connectivity index (χ0n) is 14.3. The van der Waals surface area contributed by atoms with Gasteiger partial charge in [0.2, 0.25) is 0 Å². The second-order valence-corrected chi connectivity index (χ2v) is 6.16. The fraction of sp³-hybridized carbons (Fsp3) is 0.263. The van der Waals surface area contributed by atoms with Crippen LogP contribution in [0.1, 0.15) is 21.5 Å². The van der Waals surface area contributed by atoms with Crippen LogP contribution in [0.4, 0.5) is 4.39 Å². The van der Waals surface area contributed by atoms with Gasteiger partial charge < -0.3 is 19.9 Å². The molecule has 0 saturated carbocycles. The minimum atomic E-state index is -1.28. The highest BCUT2D eigenvalue weighted by atomic mass is 19.1. The highest BCUT2D eigenvalue weighted by Gasteiger charge is 2.46. The number of phenols is 1. The van der Waals surface area contributed by atoms with Crippen LogP contribution in [0.25, 0.3) is 0 Å². The van der Waals surface area contributed by atoms with Crippen molar-refractivity contribution in [2.45, 2.75) is 18.4 Å². The Kier molecular flexibility index (Phi) is 4.54. The molecule has 2 N–H and O–H groups in total. The van der Waals surface area contributed by atoms with E-state index in [2.05, 4.69) is 5.32 Å². The molecule has 136 valence electrons. The van der Waals surface area contributed by atoms with Gasteiger partial charge in [0.1, 0.15) is 5.54 Å². The molecule has 0 saturated heterocycles. The lowest BCUT2D eigenvalue weighted by atomic mass is 9.95. The first-order chi connectivity index (χ1) is 12.4. The molecule has 3 rings (SSSR count). The van der Waals surface area contributed by atoms with E-state index in [1.807, 2.05) is 24.3 Å². The van der Waals surface area contributed by atoms with Gasteiger partial charge in [0.25, 0.3) is 5.91 Å². The number of methoxy groups -OCH3 is 2. The van der Waals surface area contributed by atoms with Gasteiger partial charge in [0.05, 0.1) is 14.2 Å². The Morgan fingerprint density at radius 2 is 1.77 bits per heavy atom. The molecule has 6 nitrogen and oxygen atoms in total. The van der Waals surface area contributed by atoms with E-state index in [0.717, 1.165) is 23.3 Å². The summed E-state index contributed by atoms with van der Waals surface area (Å²) in [7, 11) is 2.46. The summed E-state index contributed by atoms with van der Waals surface area (Å²) in [5, 5.41) is 12.5. The molecule has 0 aromatic heterocycles. The van der Waals surface area contributed by atoms with Gasteiger partial charge >= 0.3 is 5.97 Å². The minimum absolute atomic E-state index is 0.125. The predicted octanol–water partition coefficient (Wildman–Crippen LogP) is 1.98. The number of benzene rings is 2. The molecule has 0 spiro atoms. The Morgan fingerprint density at radius 1 is 1.15 bits per heavy atom. The zero-order chi connectivity index (χ0) is 18.9. The Bertz CT molecular complexity index is 832. The number of fused-ring (bicyclic) bond motifs is 1. The average Bonchev–Trinajstić information content (AvgIpc) is 2.99. The molecule has 0 unspecified atom stereocenters. The van der Waals surface area contributed by atoms with Crippen molar-refractivity contribution in [2.75, 3.05) is 14.2 Å². The number of carbonyl (C=O) groups excluding carboxylic acids is 2. The van der Waals surface area contributed by atoms with E-state index < -0.39 is 29.0 Å². The summed E-state index contributed by atoms with van der Waals surface area (Å²) >= 11 is 0. The molecule has 1 amide bonds. The standard InChI is InChI=1S/C19H18FNO5/c1-25-16-14(20)7-13(8-15(16)22)17(23)21-19(18(24)26-2)9-11-5-3-4-6-12(11)10-19/h3-8,22H,9-10H2,1-2H3,(H,21,23). The molecule has 1 aliphatic carbocycles. The fourth-order valence-corrected chi connectivity index (χ4v) is 3.30. The number of ether oxygens (including phenoxy) is 2. The Balaban J connectivity index is 1.92. The number of rotatable bonds is 4. The first-order valence-corrected chi connectivity index (χ1v) is 7.94. The van der Waals surface area contributed by atoms with Crippen LogP contribution in [-0.2, 0) is 22.4 Å². The second-order valence-electron chi connectivity index (χ2n) is 6.16. The largest absolute Gasteiger partial charge is 0.504 e. The van der Waals surface area contributed by atoms with Crippen LogP contribution < -0.4 is 10.1 Å². The summed E-state index contributed by atoms with van der Waals surface area (Å²) in [4.78, 5) is 25.1. The van der Waals surface area contributed by atoms with E-state index in [1.54, 1.807) is 0 Å². The summed E-state index contributed by atoms with van der Waals surface area (Å²) in [5.41, 5.74) is 0.464. The first kappa shape index (κ1) is 17.7. The number of halogens is 1. The molecule has 0 fully saturated rings. The summed E-state index contributed by atoms with van der Waals surface area (Å²) in [6.07, 6.45) is 0.540. The highest BCUT2D eigenvalue weighted by Crippen LogP contribution is 2.33. The van der Waals surface area contributed by atoms with Crippen molar-refractivity contribution in [2.24, 2.45) is 0 Å². The minimum Gasteiger partial charge on any atom is -0.504 e. The van der Waals surface area contributed by atoms with Crippen LogP contribution in [0.15, 0.2) is 36.4 Å². The number of nitrogens with one attached hydrogen (secondary N) is 1. The lowest BCUT2D eigenvalue weighted by Gasteiger charge is -2.27. The zero-order valence-corrected chi connectivity index (χ0v) is 14.3. The van der Waals surface area contributed by atoms with E-state index in [9.17, 15) is 19.1 Å². The van der Waals surface area contributed by atoms with Gasteiger partial charge in [0, 0.05) is 18.4 Å². The lowest BCUT2D eigenvalue weighted by molar-refractivity contribution is -0.147. The molecule has 0 heterocycles. The van der Waals surface area contributed by atoms with Crippen molar-refractivity contribution >= 4 is 11.9 Å². The van der Waals surface area contributed by atoms with Crippen LogP contribution >= 0.6 is 0 Å². The van der Waals surface area contributed by atoms with Gasteiger partial charge in [-0.05, 0) is 23.3 Å². The number of carbonyl (C=O) groups is 2. The van der Waals surface area contributed by atoms with Crippen LogP contribution in [0.5, 0.6) is 11.5 Å². The number of hydrogen-bond donors (Lipinski definition) is 2. The monoisotopic (exact) mass is 359 g/mol. The van der Waals surface area contributed by atoms with E-state index >= 15 is 0 Å². The maximum atomic E-state index is 14.0. The van der Waals surface area contributed by atoms with Crippen molar-refractivity contribution in [3.8, 4) is 11.5 Å². The van der Waals surface area contributed by atoms with Crippen molar-refractivity contribution in [3.05, 3.63) is 58.9 Å². The van der Waals surface area contributed by atoms with E-state index in [4.69, 9.17) is 9.47 Å². The molecule has 0 bridgehead atoms. The normalized spacial score (nSPS) is 14.4. The van der Waals surface area contributed by atoms with Gasteiger partial charge in [-0.1, -0.05) is 24.3 Å². The van der Waals surface area contributed by atoms with Gasteiger partial charge in [-0.2, -0.15) is 0 Å². The predicted molar refractivity (Wildman–Crippen MR) is 90.7 cm³/mol. The maximum absolute atomic E-state index is 14.0. The molecule has 2 aromatic rings. The van der Waals surface area contributed by atoms with Gasteiger partial charge in [-0.3, -0.25) is 4.79 Å². The smallest absolute Gasteiger partial charge is 0.332 e. The van der Waals surface area contributed by atoms with Crippen LogP contribution in [0.3, 0.4) is 0 Å². The van der Waals surface area contributed by atoms with E-state index in [0.29, 0.717) is 0 Å². The second kappa shape index (κ2) is 6.67. The lowest BCUT2D eigenvalue weighted by Crippen LogP contribution is -2.56. The number of aromatic hydroxyl groups is 1. The molecule has 0 atom stereocenters. The molecule has 7 heteroatoms. The summed E-state index contributed by atoms with van der Waals surface area (Å²) in [6.45, 7) is 0. The van der Waals surface area contributed by atoms with Gasteiger partial charge in [-0.15, -0.1) is 0 Å². The summed E-state index contributed by atoms with van der Waals surface area (Å²) in [5.74, 6) is -3.00. The number of hydrogen-bond acceptors (Lipinski definition) is 5. The van der Waals surface area contributed by atoms with Crippen molar-refractivity contribution in [3.63, 3.8) is 0 Å². The number of esters is 1. The quantitative estimate of drug-likeness (QED) is 0.816. The molecular weight excluding hydrogens is 341 g/mol. The third-order valence-electron chi connectivity index (χ3n) is 4.52. The molecule has 0 radical (unpaired) electrons. The number of amides is 1. The molecule has 0 aliphatic heterocycles. The Morgan fingerprint density at radius 3 is 2.27 bits per heavy atom. The van der Waals surface area contributed by atoms with Gasteiger partial charge in [0.15, 0.2) is 17.3 Å². The van der Waals surface area contributed by atoms with E-state index in [-0.39, 0.29) is 24.2 Å². The SMILES string of the molecule is COC(=O)C1(NC(=O)c2cc(O)c(OC)c(F)c2)Cc2ccccc2C1. The summed E-state index contributed by atoms with van der Waals surface area (Å²) in [6, 6.07) is 9.50. The molecule has 26 heavy (non-hydrogen) atoms. The van der Waals surface area contributed by atoms with Crippen LogP contribution in [0.2, 0.25) is 0 Å². The Hall–Kier alpha value is -3.09. The van der Waals surface area contributed by atoms with Crippen molar-refractivity contribution in [1.29, 1.82) is 0 Å². The maximum Gasteiger partial charge on any atom is 0.332 e. The molecule has 2 aromatic carbocycles. The molecular formula is C19H18FNO5. The first-order valence-electron chi connectivity index (χ1n) is 7.94. The average molecular weight is 359 g/mol. The fourth-order valence-electron chi connectivity index (χ4n) is 3.30. The molecule has 1 aliphatic rings. The van der Waals surface area contributed by atoms with Crippen molar-refractivity contribution < 1.29 is 28.6 Å². The third-order valence-corrected chi connectivity index (χ3v) is 4.52. The van der Waals surface area contributed by atoms with Crippen LogP contribution in [-0.4, -0.2) is 36.7 Å². The van der Waals surface area contributed by atoms with Crippen molar-refractivity contribution in [1.82, 2.24) is 5.32 Å². The van der Waals surface area contributed by atoms with Crippen LogP contribution in [0, 0.1) is 5.82 Å². The highest BCUT2D eigenvalue weighted by molar-refractivity contribution is 5.99. The Labute approximate surface area is 149 Å². The summed E-state index contributed by atoms with van der Waals surface area (Å²) < 4.78 is 23.6.